The Labute approximate surface area is 73.7 Å². The standard InChI is InChI=1S/C7H9FO5/c1-3-13-6(10)4(8)5(9)7(11)12-2/h9H,3H2,1-2H3. The highest BCUT2D eigenvalue weighted by molar-refractivity contribution is 5.96. The molecule has 0 amide bonds. The van der Waals surface area contributed by atoms with Crippen LogP contribution in [0.4, 0.5) is 4.39 Å². The molecular formula is C7H9FO5. The fraction of sp³-hybridized carbons (Fsp3) is 0.429. The molecule has 0 unspecified atom stereocenters. The molecule has 0 bridgehead atoms. The summed E-state index contributed by atoms with van der Waals surface area (Å²) < 4.78 is 20.8. The molecule has 0 saturated heterocycles. The van der Waals surface area contributed by atoms with Crippen LogP contribution >= 0.6 is 0 Å². The molecule has 74 valence electrons. The van der Waals surface area contributed by atoms with E-state index in [0.717, 1.165) is 7.11 Å². The summed E-state index contributed by atoms with van der Waals surface area (Å²) in [4.78, 5) is 21.1. The van der Waals surface area contributed by atoms with E-state index in [0.29, 0.717) is 0 Å². The molecule has 0 aromatic rings. The molecule has 0 heterocycles. The first-order valence-electron chi connectivity index (χ1n) is 3.38. The molecule has 0 rings (SSSR count). The van der Waals surface area contributed by atoms with E-state index in [9.17, 15) is 14.0 Å². The SMILES string of the molecule is CCOC(=O)C(F)=C(O)C(=O)OC. The molecule has 0 atom stereocenters. The molecule has 0 radical (unpaired) electrons. The number of hydrogen-bond acceptors (Lipinski definition) is 5. The lowest BCUT2D eigenvalue weighted by Gasteiger charge is -2.00. The third-order valence-electron chi connectivity index (χ3n) is 1.04. The van der Waals surface area contributed by atoms with Gasteiger partial charge in [0.25, 0.3) is 5.83 Å². The number of aliphatic hydroxyl groups is 1. The summed E-state index contributed by atoms with van der Waals surface area (Å²) in [7, 11) is 0.941. The minimum Gasteiger partial charge on any atom is -0.500 e. The average molecular weight is 192 g/mol. The number of carbonyl (C=O) groups excluding carboxylic acids is 2. The number of methoxy groups -OCH3 is 1. The maximum absolute atomic E-state index is 12.7. The van der Waals surface area contributed by atoms with Crippen molar-refractivity contribution in [3.05, 3.63) is 11.6 Å². The summed E-state index contributed by atoms with van der Waals surface area (Å²) in [5, 5.41) is 8.71. The van der Waals surface area contributed by atoms with E-state index in [1.54, 1.807) is 0 Å². The van der Waals surface area contributed by atoms with Crippen molar-refractivity contribution < 1.29 is 28.6 Å². The van der Waals surface area contributed by atoms with Crippen molar-refractivity contribution in [2.45, 2.75) is 6.92 Å². The molecule has 0 aromatic heterocycles. The van der Waals surface area contributed by atoms with Gasteiger partial charge >= 0.3 is 11.9 Å². The third kappa shape index (κ3) is 3.10. The molecule has 0 fully saturated rings. The van der Waals surface area contributed by atoms with Gasteiger partial charge in [-0.1, -0.05) is 0 Å². The molecule has 0 saturated carbocycles. The molecular weight excluding hydrogens is 183 g/mol. The number of aliphatic hydroxyl groups excluding tert-OH is 1. The molecule has 0 aromatic carbocycles. The molecule has 6 heteroatoms. The average Bonchev–Trinajstić information content (AvgIpc) is 2.14. The number of halogens is 1. The van der Waals surface area contributed by atoms with Crippen molar-refractivity contribution in [1.29, 1.82) is 0 Å². The smallest absolute Gasteiger partial charge is 0.376 e. The minimum absolute atomic E-state index is 0.0549. The van der Waals surface area contributed by atoms with Gasteiger partial charge in [-0.3, -0.25) is 0 Å². The molecule has 0 aliphatic heterocycles. The van der Waals surface area contributed by atoms with Crippen LogP contribution in [0.1, 0.15) is 6.92 Å². The molecule has 5 nitrogen and oxygen atoms in total. The monoisotopic (exact) mass is 192 g/mol. The Balaban J connectivity index is 4.60. The molecule has 13 heavy (non-hydrogen) atoms. The zero-order valence-corrected chi connectivity index (χ0v) is 7.17. The van der Waals surface area contributed by atoms with E-state index in [4.69, 9.17) is 5.11 Å². The summed E-state index contributed by atoms with van der Waals surface area (Å²) in [5.41, 5.74) is 0. The van der Waals surface area contributed by atoms with Crippen LogP contribution in [-0.2, 0) is 19.1 Å². The van der Waals surface area contributed by atoms with Gasteiger partial charge in [-0.25, -0.2) is 9.59 Å². The first-order chi connectivity index (χ1) is 6.04. The normalized spacial score (nSPS) is 11.6. The van der Waals surface area contributed by atoms with Crippen LogP contribution in [0, 0.1) is 0 Å². The van der Waals surface area contributed by atoms with Gasteiger partial charge in [0, 0.05) is 0 Å². The Bertz CT molecular complexity index is 245. The lowest BCUT2D eigenvalue weighted by molar-refractivity contribution is -0.144. The molecule has 0 spiro atoms. The molecule has 1 N–H and O–H groups in total. The summed E-state index contributed by atoms with van der Waals surface area (Å²) in [6.07, 6.45) is 0. The van der Waals surface area contributed by atoms with Gasteiger partial charge in [0.15, 0.2) is 0 Å². The highest BCUT2D eigenvalue weighted by atomic mass is 19.1. The van der Waals surface area contributed by atoms with Crippen LogP contribution in [0.15, 0.2) is 11.6 Å². The summed E-state index contributed by atoms with van der Waals surface area (Å²) >= 11 is 0. The topological polar surface area (TPSA) is 72.8 Å². The number of carbonyl (C=O) groups is 2. The zero-order valence-electron chi connectivity index (χ0n) is 7.17. The fourth-order valence-electron chi connectivity index (χ4n) is 0.477. The quantitative estimate of drug-likeness (QED) is 0.399. The van der Waals surface area contributed by atoms with Crippen molar-refractivity contribution >= 4 is 11.9 Å². The number of esters is 2. The first-order valence-corrected chi connectivity index (χ1v) is 3.38. The van der Waals surface area contributed by atoms with Gasteiger partial charge in [-0.2, -0.15) is 4.39 Å². The lowest BCUT2D eigenvalue weighted by atomic mass is 10.4. The largest absolute Gasteiger partial charge is 0.500 e. The number of hydrogen-bond donors (Lipinski definition) is 1. The van der Waals surface area contributed by atoms with Crippen molar-refractivity contribution in [3.63, 3.8) is 0 Å². The van der Waals surface area contributed by atoms with Crippen LogP contribution in [0.2, 0.25) is 0 Å². The van der Waals surface area contributed by atoms with Gasteiger partial charge in [0.05, 0.1) is 13.7 Å². The Kier molecular flexibility index (Phi) is 4.50. The Morgan fingerprint density at radius 3 is 2.31 bits per heavy atom. The maximum atomic E-state index is 12.7. The zero-order chi connectivity index (χ0) is 10.4. The van der Waals surface area contributed by atoms with Crippen LogP contribution in [0.5, 0.6) is 0 Å². The van der Waals surface area contributed by atoms with E-state index < -0.39 is 23.5 Å². The Morgan fingerprint density at radius 2 is 1.92 bits per heavy atom. The Hall–Kier alpha value is -1.59. The highest BCUT2D eigenvalue weighted by Crippen LogP contribution is 2.06. The van der Waals surface area contributed by atoms with E-state index in [1.807, 2.05) is 0 Å². The van der Waals surface area contributed by atoms with Crippen molar-refractivity contribution in [3.8, 4) is 0 Å². The van der Waals surface area contributed by atoms with Crippen molar-refractivity contribution in [2.24, 2.45) is 0 Å². The highest BCUT2D eigenvalue weighted by Gasteiger charge is 2.22. The van der Waals surface area contributed by atoms with Crippen LogP contribution in [0.3, 0.4) is 0 Å². The fourth-order valence-corrected chi connectivity index (χ4v) is 0.477. The van der Waals surface area contributed by atoms with Gasteiger partial charge in [0.2, 0.25) is 5.76 Å². The second-order valence-electron chi connectivity index (χ2n) is 1.87. The van der Waals surface area contributed by atoms with Crippen LogP contribution < -0.4 is 0 Å². The van der Waals surface area contributed by atoms with Crippen molar-refractivity contribution in [1.82, 2.24) is 0 Å². The van der Waals surface area contributed by atoms with E-state index in [1.165, 1.54) is 6.92 Å². The molecule has 0 aliphatic rings. The lowest BCUT2D eigenvalue weighted by Crippen LogP contribution is -2.12. The summed E-state index contributed by atoms with van der Waals surface area (Å²) in [6.45, 7) is 1.40. The predicted molar refractivity (Wildman–Crippen MR) is 39.4 cm³/mol. The summed E-state index contributed by atoms with van der Waals surface area (Å²) in [6, 6.07) is 0. The first kappa shape index (κ1) is 11.4. The van der Waals surface area contributed by atoms with Crippen molar-refractivity contribution in [2.75, 3.05) is 13.7 Å². The van der Waals surface area contributed by atoms with E-state index in [-0.39, 0.29) is 6.61 Å². The number of ether oxygens (including phenoxy) is 2. The Morgan fingerprint density at radius 1 is 1.38 bits per heavy atom. The number of rotatable bonds is 3. The van der Waals surface area contributed by atoms with Crippen LogP contribution in [-0.4, -0.2) is 30.8 Å². The summed E-state index contributed by atoms with van der Waals surface area (Å²) in [5.74, 6) is -5.77. The molecule has 0 aliphatic carbocycles. The van der Waals surface area contributed by atoms with Gasteiger partial charge < -0.3 is 14.6 Å². The second kappa shape index (κ2) is 5.13. The maximum Gasteiger partial charge on any atom is 0.376 e. The third-order valence-corrected chi connectivity index (χ3v) is 1.04. The minimum atomic E-state index is -1.66. The van der Waals surface area contributed by atoms with Gasteiger partial charge in [-0.05, 0) is 6.92 Å². The van der Waals surface area contributed by atoms with Gasteiger partial charge in [0.1, 0.15) is 0 Å². The van der Waals surface area contributed by atoms with Gasteiger partial charge in [-0.15, -0.1) is 0 Å². The van der Waals surface area contributed by atoms with Crippen LogP contribution in [0.25, 0.3) is 0 Å². The predicted octanol–water partition coefficient (Wildman–Crippen LogP) is 0.462. The second-order valence-corrected chi connectivity index (χ2v) is 1.87. The van der Waals surface area contributed by atoms with E-state index in [2.05, 4.69) is 9.47 Å². The van der Waals surface area contributed by atoms with E-state index >= 15 is 0 Å².